The minimum atomic E-state index is -0.400. The number of nitrogens with one attached hydrogen (secondary N) is 1. The van der Waals surface area contributed by atoms with Crippen LogP contribution in [0.1, 0.15) is 26.5 Å². The van der Waals surface area contributed by atoms with Crippen LogP contribution in [-0.4, -0.2) is 58.6 Å². The van der Waals surface area contributed by atoms with Gasteiger partial charge in [-0.15, -0.1) is 11.3 Å². The van der Waals surface area contributed by atoms with Crippen molar-refractivity contribution < 1.29 is 4.79 Å². The molecule has 0 spiro atoms. The first kappa shape index (κ1) is 16.9. The molecule has 2 aromatic rings. The molecule has 3 heterocycles. The molecule has 128 valence electrons. The van der Waals surface area contributed by atoms with Gasteiger partial charge < -0.3 is 4.90 Å². The van der Waals surface area contributed by atoms with E-state index in [4.69, 9.17) is 0 Å². The van der Waals surface area contributed by atoms with Gasteiger partial charge in [-0.05, 0) is 37.3 Å². The summed E-state index contributed by atoms with van der Waals surface area (Å²) in [5, 5.41) is 8.42. The predicted molar refractivity (Wildman–Crippen MR) is 94.7 cm³/mol. The topological polar surface area (TPSA) is 69.3 Å². The highest BCUT2D eigenvalue weighted by atomic mass is 32.1. The average Bonchev–Trinajstić information content (AvgIpc) is 3.10. The summed E-state index contributed by atoms with van der Waals surface area (Å²) in [5.41, 5.74) is 1.19. The summed E-state index contributed by atoms with van der Waals surface area (Å²) in [5.74, 6) is -0.183. The van der Waals surface area contributed by atoms with E-state index in [0.717, 1.165) is 26.1 Å². The molecule has 1 fully saturated rings. The third-order valence-corrected chi connectivity index (χ3v) is 5.53. The number of aromatic amines is 1. The van der Waals surface area contributed by atoms with E-state index < -0.39 is 5.56 Å². The zero-order chi connectivity index (χ0) is 17.1. The second kappa shape index (κ2) is 7.27. The van der Waals surface area contributed by atoms with E-state index in [1.54, 1.807) is 30.1 Å². The van der Waals surface area contributed by atoms with Crippen molar-refractivity contribution in [1.82, 2.24) is 20.0 Å². The molecule has 24 heavy (non-hydrogen) atoms. The van der Waals surface area contributed by atoms with Gasteiger partial charge in [0.05, 0.1) is 5.69 Å². The van der Waals surface area contributed by atoms with Gasteiger partial charge in [0.15, 0.2) is 0 Å². The molecule has 1 N–H and O–H groups in total. The molecule has 7 heteroatoms. The number of hydrogen-bond donors (Lipinski definition) is 1. The number of rotatable bonds is 4. The van der Waals surface area contributed by atoms with Crippen molar-refractivity contribution in [2.75, 3.05) is 32.7 Å². The molecule has 0 aromatic carbocycles. The highest BCUT2D eigenvalue weighted by Gasteiger charge is 2.25. The largest absolute Gasteiger partial charge is 0.336 e. The maximum Gasteiger partial charge on any atom is 0.277 e. The molecule has 0 aliphatic carbocycles. The van der Waals surface area contributed by atoms with E-state index in [1.807, 2.05) is 0 Å². The van der Waals surface area contributed by atoms with Crippen molar-refractivity contribution in [3.05, 3.63) is 49.6 Å². The Morgan fingerprint density at radius 3 is 2.71 bits per heavy atom. The molecule has 0 bridgehead atoms. The normalized spacial score (nSPS) is 15.7. The molecule has 1 aliphatic heterocycles. The second-order valence-corrected chi connectivity index (χ2v) is 7.13. The summed E-state index contributed by atoms with van der Waals surface area (Å²) in [4.78, 5) is 30.2. The quantitative estimate of drug-likeness (QED) is 0.910. The van der Waals surface area contributed by atoms with Gasteiger partial charge in [-0.2, -0.15) is 5.10 Å². The molecule has 6 nitrogen and oxygen atoms in total. The van der Waals surface area contributed by atoms with Gasteiger partial charge in [0.2, 0.25) is 0 Å². The predicted octanol–water partition coefficient (Wildman–Crippen LogP) is 1.45. The van der Waals surface area contributed by atoms with E-state index in [2.05, 4.69) is 32.6 Å². The van der Waals surface area contributed by atoms with Gasteiger partial charge >= 0.3 is 0 Å². The first-order chi connectivity index (χ1) is 11.6. The fraction of sp³-hybridized carbons (Fsp3) is 0.471. The number of aryl methyl sites for hydroxylation is 1. The molecular weight excluding hydrogens is 324 g/mol. The highest BCUT2D eigenvalue weighted by Crippen LogP contribution is 2.13. The molecule has 0 atom stereocenters. The third kappa shape index (κ3) is 3.57. The molecule has 0 saturated carbocycles. The number of piperazine rings is 1. The van der Waals surface area contributed by atoms with Crippen LogP contribution in [0.15, 0.2) is 22.3 Å². The van der Waals surface area contributed by atoms with Crippen LogP contribution >= 0.6 is 11.3 Å². The van der Waals surface area contributed by atoms with Crippen molar-refractivity contribution >= 4 is 17.2 Å². The Hall–Kier alpha value is -1.99. The molecule has 3 rings (SSSR count). The maximum atomic E-state index is 12.7. The number of carbonyl (C=O) groups is 1. The van der Waals surface area contributed by atoms with Crippen LogP contribution in [0.3, 0.4) is 0 Å². The van der Waals surface area contributed by atoms with Crippen LogP contribution in [0.2, 0.25) is 0 Å². The third-order valence-electron chi connectivity index (χ3n) is 4.60. The van der Waals surface area contributed by atoms with E-state index in [1.165, 1.54) is 4.88 Å². The number of amides is 1. The fourth-order valence-electron chi connectivity index (χ4n) is 2.94. The Bertz CT molecular complexity index is 761. The molecule has 1 aliphatic rings. The molecule has 0 radical (unpaired) electrons. The number of carbonyl (C=O) groups excluding carboxylic acids is 1. The van der Waals surface area contributed by atoms with Gasteiger partial charge in [0.25, 0.3) is 11.5 Å². The zero-order valence-electron chi connectivity index (χ0n) is 14.0. The Morgan fingerprint density at radius 2 is 2.04 bits per heavy atom. The first-order valence-corrected chi connectivity index (χ1v) is 9.04. The Labute approximate surface area is 145 Å². The van der Waals surface area contributed by atoms with Crippen LogP contribution < -0.4 is 5.56 Å². The minimum Gasteiger partial charge on any atom is -0.336 e. The lowest BCUT2D eigenvalue weighted by Crippen LogP contribution is -2.50. The van der Waals surface area contributed by atoms with Gasteiger partial charge in [0, 0.05) is 37.6 Å². The van der Waals surface area contributed by atoms with Gasteiger partial charge in [-0.1, -0.05) is 6.07 Å². The van der Waals surface area contributed by atoms with Crippen LogP contribution in [0.5, 0.6) is 0 Å². The molecular formula is C17H22N4O2S. The Kier molecular flexibility index (Phi) is 5.11. The Morgan fingerprint density at radius 1 is 1.29 bits per heavy atom. The van der Waals surface area contributed by atoms with Crippen molar-refractivity contribution in [1.29, 1.82) is 0 Å². The zero-order valence-corrected chi connectivity index (χ0v) is 14.9. The lowest BCUT2D eigenvalue weighted by atomic mass is 10.1. The van der Waals surface area contributed by atoms with E-state index in [-0.39, 0.29) is 11.5 Å². The smallest absolute Gasteiger partial charge is 0.277 e. The van der Waals surface area contributed by atoms with Crippen molar-refractivity contribution in [3.63, 3.8) is 0 Å². The van der Waals surface area contributed by atoms with Crippen LogP contribution in [0.25, 0.3) is 0 Å². The lowest BCUT2D eigenvalue weighted by Gasteiger charge is -2.34. The van der Waals surface area contributed by atoms with Crippen molar-refractivity contribution in [2.45, 2.75) is 20.3 Å². The van der Waals surface area contributed by atoms with Crippen LogP contribution in [0, 0.1) is 13.8 Å². The lowest BCUT2D eigenvalue weighted by molar-refractivity contribution is 0.0636. The number of hydrogen-bond acceptors (Lipinski definition) is 5. The summed E-state index contributed by atoms with van der Waals surface area (Å²) in [6, 6.07) is 4.23. The molecule has 2 aromatic heterocycles. The van der Waals surface area contributed by atoms with Gasteiger partial charge in [0.1, 0.15) is 5.56 Å². The van der Waals surface area contributed by atoms with Gasteiger partial charge in [-0.25, -0.2) is 5.10 Å². The highest BCUT2D eigenvalue weighted by molar-refractivity contribution is 7.09. The van der Waals surface area contributed by atoms with Crippen molar-refractivity contribution in [3.8, 4) is 0 Å². The average molecular weight is 346 g/mol. The molecule has 0 unspecified atom stereocenters. The summed E-state index contributed by atoms with van der Waals surface area (Å²) in [6.45, 7) is 7.59. The number of thiophene rings is 1. The number of aromatic nitrogens is 2. The Balaban J connectivity index is 1.59. The standard InChI is InChI=1S/C17H22N4O2S/c1-12-13(2)18-19-16(22)15(12)17(23)21-9-7-20(8-10-21)6-5-14-4-3-11-24-14/h3-4,11H,5-10H2,1-2H3,(H,19,22). The van der Waals surface area contributed by atoms with E-state index >= 15 is 0 Å². The summed E-state index contributed by atoms with van der Waals surface area (Å²) in [7, 11) is 0. The molecule has 1 amide bonds. The minimum absolute atomic E-state index is 0.183. The summed E-state index contributed by atoms with van der Waals surface area (Å²) in [6.07, 6.45) is 1.05. The summed E-state index contributed by atoms with van der Waals surface area (Å²) >= 11 is 1.78. The molecule has 1 saturated heterocycles. The SMILES string of the molecule is Cc1n[nH]c(=O)c(C(=O)N2CCN(CCc3cccs3)CC2)c1C. The summed E-state index contributed by atoms with van der Waals surface area (Å²) < 4.78 is 0. The first-order valence-electron chi connectivity index (χ1n) is 8.16. The van der Waals surface area contributed by atoms with Gasteiger partial charge in [-0.3, -0.25) is 14.5 Å². The monoisotopic (exact) mass is 346 g/mol. The maximum absolute atomic E-state index is 12.7. The van der Waals surface area contributed by atoms with Crippen LogP contribution in [0.4, 0.5) is 0 Å². The van der Waals surface area contributed by atoms with Crippen LogP contribution in [-0.2, 0) is 6.42 Å². The fourth-order valence-corrected chi connectivity index (χ4v) is 3.64. The number of H-pyrrole nitrogens is 1. The van der Waals surface area contributed by atoms with E-state index in [9.17, 15) is 9.59 Å². The van der Waals surface area contributed by atoms with E-state index in [0.29, 0.717) is 24.3 Å². The van der Waals surface area contributed by atoms with Crippen molar-refractivity contribution in [2.24, 2.45) is 0 Å². The second-order valence-electron chi connectivity index (χ2n) is 6.10. The number of nitrogens with zero attached hydrogens (tertiary/aromatic N) is 3.